The van der Waals surface area contributed by atoms with Crippen LogP contribution >= 0.6 is 0 Å². The Balaban J connectivity index is 2.00. The highest BCUT2D eigenvalue weighted by atomic mass is 16.5. The predicted molar refractivity (Wildman–Crippen MR) is 43.5 cm³/mol. The molecule has 0 bridgehead atoms. The van der Waals surface area contributed by atoms with Crippen LogP contribution in [0.1, 0.15) is 12.8 Å². The van der Waals surface area contributed by atoms with Crippen molar-refractivity contribution in [3.05, 3.63) is 0 Å². The van der Waals surface area contributed by atoms with E-state index in [9.17, 15) is 4.79 Å². The molecule has 2 N–H and O–H groups in total. The van der Waals surface area contributed by atoms with Gasteiger partial charge >= 0.3 is 5.97 Å². The summed E-state index contributed by atoms with van der Waals surface area (Å²) < 4.78 is 9.66. The Bertz CT molecular complexity index is 156. The third-order valence-corrected chi connectivity index (χ3v) is 1.85. The Morgan fingerprint density at radius 3 is 2.83 bits per heavy atom. The molecule has 1 unspecified atom stereocenters. The maximum atomic E-state index is 10.8. The zero-order chi connectivity index (χ0) is 8.97. The van der Waals surface area contributed by atoms with Gasteiger partial charge in [0.2, 0.25) is 0 Å². The van der Waals surface area contributed by atoms with Crippen LogP contribution in [0.15, 0.2) is 0 Å². The number of nitrogens with two attached hydrogens (primary N) is 1. The number of ether oxygens (including phenoxy) is 2. The molecule has 1 fully saturated rings. The summed E-state index contributed by atoms with van der Waals surface area (Å²) >= 11 is 0. The molecule has 1 aliphatic carbocycles. The van der Waals surface area contributed by atoms with Gasteiger partial charge in [-0.05, 0) is 18.8 Å². The summed E-state index contributed by atoms with van der Waals surface area (Å²) in [5.74, 6) is 0.292. The van der Waals surface area contributed by atoms with Crippen molar-refractivity contribution < 1.29 is 14.3 Å². The van der Waals surface area contributed by atoms with Crippen LogP contribution < -0.4 is 5.73 Å². The molecule has 4 heteroatoms. The van der Waals surface area contributed by atoms with Crippen molar-refractivity contribution >= 4 is 5.97 Å². The summed E-state index contributed by atoms with van der Waals surface area (Å²) in [4.78, 5) is 10.8. The molecule has 1 rings (SSSR count). The van der Waals surface area contributed by atoms with E-state index >= 15 is 0 Å². The van der Waals surface area contributed by atoms with Crippen LogP contribution in [0.4, 0.5) is 0 Å². The molecule has 0 aromatic rings. The molecular weight excluding hydrogens is 158 g/mol. The number of esters is 1. The quantitative estimate of drug-likeness (QED) is 0.590. The van der Waals surface area contributed by atoms with E-state index in [-0.39, 0.29) is 6.61 Å². The van der Waals surface area contributed by atoms with Crippen LogP contribution in [0.5, 0.6) is 0 Å². The van der Waals surface area contributed by atoms with Crippen LogP contribution in [-0.4, -0.2) is 32.3 Å². The van der Waals surface area contributed by atoms with Crippen molar-refractivity contribution in [2.75, 3.05) is 20.3 Å². The molecule has 0 aromatic carbocycles. The Kier molecular flexibility index (Phi) is 3.49. The Hall–Kier alpha value is -0.610. The minimum atomic E-state index is -0.631. The van der Waals surface area contributed by atoms with Gasteiger partial charge < -0.3 is 15.2 Å². The first kappa shape index (κ1) is 9.48. The predicted octanol–water partition coefficient (Wildman–Crippen LogP) is -0.0867. The van der Waals surface area contributed by atoms with Crippen LogP contribution in [-0.2, 0) is 14.3 Å². The molecule has 4 nitrogen and oxygen atoms in total. The number of carbonyl (C=O) groups excluding carboxylic acids is 1. The fraction of sp³-hybridized carbons (Fsp3) is 0.875. The average Bonchev–Trinajstić information content (AvgIpc) is 2.86. The fourth-order valence-corrected chi connectivity index (χ4v) is 0.866. The van der Waals surface area contributed by atoms with E-state index < -0.39 is 12.0 Å². The first-order valence-corrected chi connectivity index (χ1v) is 4.15. The minimum absolute atomic E-state index is 0.267. The van der Waals surface area contributed by atoms with Gasteiger partial charge in [-0.3, -0.25) is 4.79 Å². The topological polar surface area (TPSA) is 61.5 Å². The highest BCUT2D eigenvalue weighted by molar-refractivity contribution is 5.75. The second-order valence-electron chi connectivity index (χ2n) is 3.11. The van der Waals surface area contributed by atoms with Crippen molar-refractivity contribution in [2.45, 2.75) is 18.9 Å². The van der Waals surface area contributed by atoms with Crippen molar-refractivity contribution in [2.24, 2.45) is 11.7 Å². The second kappa shape index (κ2) is 4.42. The van der Waals surface area contributed by atoms with Gasteiger partial charge in [-0.15, -0.1) is 0 Å². The maximum Gasteiger partial charge on any atom is 0.325 e. The normalized spacial score (nSPS) is 18.8. The van der Waals surface area contributed by atoms with E-state index in [0.717, 1.165) is 6.61 Å². The van der Waals surface area contributed by atoms with Gasteiger partial charge in [-0.2, -0.15) is 0 Å². The molecular formula is C8H15NO3. The largest absolute Gasteiger partial charge is 0.468 e. The zero-order valence-electron chi connectivity index (χ0n) is 7.29. The fourth-order valence-electron chi connectivity index (χ4n) is 0.866. The van der Waals surface area contributed by atoms with Gasteiger partial charge in [0.15, 0.2) is 0 Å². The van der Waals surface area contributed by atoms with Crippen LogP contribution in [0.25, 0.3) is 0 Å². The van der Waals surface area contributed by atoms with Crippen LogP contribution in [0, 0.1) is 5.92 Å². The zero-order valence-corrected chi connectivity index (χ0v) is 7.29. The lowest BCUT2D eigenvalue weighted by Gasteiger charge is -2.08. The molecule has 0 spiro atoms. The number of carbonyl (C=O) groups is 1. The van der Waals surface area contributed by atoms with E-state index in [1.54, 1.807) is 0 Å². The number of methoxy groups -OCH3 is 1. The Morgan fingerprint density at radius 2 is 2.33 bits per heavy atom. The van der Waals surface area contributed by atoms with Gasteiger partial charge in [0.25, 0.3) is 0 Å². The van der Waals surface area contributed by atoms with Crippen LogP contribution in [0.3, 0.4) is 0 Å². The summed E-state index contributed by atoms with van der Waals surface area (Å²) in [6, 6.07) is -0.631. The summed E-state index contributed by atoms with van der Waals surface area (Å²) in [6.45, 7) is 0.994. The molecule has 0 heterocycles. The molecule has 1 saturated carbocycles. The van der Waals surface area contributed by atoms with Gasteiger partial charge in [-0.1, -0.05) is 0 Å². The monoisotopic (exact) mass is 173 g/mol. The van der Waals surface area contributed by atoms with Crippen molar-refractivity contribution in [1.29, 1.82) is 0 Å². The lowest BCUT2D eigenvalue weighted by Crippen LogP contribution is -2.36. The van der Waals surface area contributed by atoms with Crippen molar-refractivity contribution in [3.63, 3.8) is 0 Å². The highest BCUT2D eigenvalue weighted by Crippen LogP contribution is 2.28. The average molecular weight is 173 g/mol. The summed E-state index contributed by atoms with van der Waals surface area (Å²) in [5, 5.41) is 0. The van der Waals surface area contributed by atoms with Crippen molar-refractivity contribution in [3.8, 4) is 0 Å². The summed E-state index contributed by atoms with van der Waals surface area (Å²) in [7, 11) is 1.32. The highest BCUT2D eigenvalue weighted by Gasteiger charge is 2.22. The maximum absolute atomic E-state index is 10.8. The number of hydrogen-bond donors (Lipinski definition) is 1. The molecule has 0 aliphatic heterocycles. The number of hydrogen-bond acceptors (Lipinski definition) is 4. The third kappa shape index (κ3) is 3.19. The molecule has 0 amide bonds. The molecule has 12 heavy (non-hydrogen) atoms. The molecule has 70 valence electrons. The smallest absolute Gasteiger partial charge is 0.325 e. The van der Waals surface area contributed by atoms with Crippen LogP contribution in [0.2, 0.25) is 0 Å². The SMILES string of the molecule is COC(=O)C(N)COCC1CC1. The summed E-state index contributed by atoms with van der Waals surface area (Å²) in [6.07, 6.45) is 2.49. The van der Waals surface area contributed by atoms with Gasteiger partial charge in [0, 0.05) is 6.61 Å². The summed E-state index contributed by atoms with van der Waals surface area (Å²) in [5.41, 5.74) is 5.43. The molecule has 0 aromatic heterocycles. The molecule has 0 radical (unpaired) electrons. The van der Waals surface area contributed by atoms with E-state index in [1.165, 1.54) is 20.0 Å². The van der Waals surface area contributed by atoms with Gasteiger partial charge in [0.1, 0.15) is 6.04 Å². The van der Waals surface area contributed by atoms with E-state index in [1.807, 2.05) is 0 Å². The Morgan fingerprint density at radius 1 is 1.67 bits per heavy atom. The molecule has 1 aliphatic rings. The first-order chi connectivity index (χ1) is 5.74. The van der Waals surface area contributed by atoms with Gasteiger partial charge in [0.05, 0.1) is 13.7 Å². The number of rotatable bonds is 5. The lowest BCUT2D eigenvalue weighted by molar-refractivity contribution is -0.143. The first-order valence-electron chi connectivity index (χ1n) is 4.15. The molecule has 0 saturated heterocycles. The van der Waals surface area contributed by atoms with E-state index in [4.69, 9.17) is 10.5 Å². The van der Waals surface area contributed by atoms with E-state index in [2.05, 4.69) is 4.74 Å². The third-order valence-electron chi connectivity index (χ3n) is 1.85. The van der Waals surface area contributed by atoms with Crippen molar-refractivity contribution in [1.82, 2.24) is 0 Å². The minimum Gasteiger partial charge on any atom is -0.468 e. The standard InChI is InChI=1S/C8H15NO3/c1-11-8(10)7(9)5-12-4-6-2-3-6/h6-7H,2-5,9H2,1H3. The van der Waals surface area contributed by atoms with E-state index in [0.29, 0.717) is 5.92 Å². The van der Waals surface area contributed by atoms with Gasteiger partial charge in [-0.25, -0.2) is 0 Å². The Labute approximate surface area is 72.0 Å². The molecule has 1 atom stereocenters. The lowest BCUT2D eigenvalue weighted by atomic mass is 10.3. The second-order valence-corrected chi connectivity index (χ2v) is 3.11.